The van der Waals surface area contributed by atoms with E-state index in [9.17, 15) is 14.4 Å². The first kappa shape index (κ1) is 34.1. The van der Waals surface area contributed by atoms with Crippen molar-refractivity contribution in [1.82, 2.24) is 4.90 Å². The van der Waals surface area contributed by atoms with Crippen LogP contribution in [0.5, 0.6) is 0 Å². The van der Waals surface area contributed by atoms with Gasteiger partial charge < -0.3 is 29.3 Å². The van der Waals surface area contributed by atoms with Gasteiger partial charge in [-0.25, -0.2) is 14.4 Å². The van der Waals surface area contributed by atoms with E-state index in [1.165, 1.54) is 0 Å². The van der Waals surface area contributed by atoms with Crippen molar-refractivity contribution in [1.29, 1.82) is 0 Å². The highest BCUT2D eigenvalue weighted by Gasteiger charge is 2.09. The van der Waals surface area contributed by atoms with Crippen LogP contribution in [0.25, 0.3) is 0 Å². The molecule has 32 heavy (non-hydrogen) atoms. The lowest BCUT2D eigenvalue weighted by Gasteiger charge is -2.23. The fourth-order valence-corrected chi connectivity index (χ4v) is 1.25. The summed E-state index contributed by atoms with van der Waals surface area (Å²) in [6.07, 6.45) is 0. The molecular formula is C23H44N3O6+. The highest BCUT2D eigenvalue weighted by Crippen LogP contribution is 1.94. The zero-order chi connectivity index (χ0) is 25.9. The number of likely N-dealkylation sites (N-methyl/N-ethyl adjacent to an activating group) is 2. The van der Waals surface area contributed by atoms with Gasteiger partial charge in [0.1, 0.15) is 26.4 Å². The minimum atomic E-state index is -0.375. The van der Waals surface area contributed by atoms with Gasteiger partial charge in [-0.1, -0.05) is 19.7 Å². The summed E-state index contributed by atoms with van der Waals surface area (Å²) in [7, 11) is 10.0. The average molecular weight is 459 g/mol. The molecule has 0 aromatic carbocycles. The molecule has 0 aliphatic rings. The minimum Gasteiger partial charge on any atom is -0.461 e. The number of carbonyl (C=O) groups is 3. The molecule has 0 aliphatic heterocycles. The molecule has 186 valence electrons. The second-order valence-electron chi connectivity index (χ2n) is 8.35. The number of hydrogen-bond acceptors (Lipinski definition) is 8. The van der Waals surface area contributed by atoms with E-state index < -0.39 is 0 Å². The van der Waals surface area contributed by atoms with Crippen molar-refractivity contribution in [2.75, 3.05) is 74.7 Å². The summed E-state index contributed by atoms with van der Waals surface area (Å²) >= 11 is 0. The number of nitrogens with zero attached hydrogens (tertiary/aromatic N) is 2. The summed E-state index contributed by atoms with van der Waals surface area (Å²) < 4.78 is 15.1. The van der Waals surface area contributed by atoms with Crippen molar-refractivity contribution in [2.24, 2.45) is 5.73 Å². The Labute approximate surface area is 194 Å². The molecule has 0 rings (SSSR count). The number of esters is 3. The lowest BCUT2D eigenvalue weighted by atomic mass is 10.4. The number of ether oxygens (including phenoxy) is 3. The first-order valence-electron chi connectivity index (χ1n) is 10.2. The van der Waals surface area contributed by atoms with Crippen molar-refractivity contribution in [2.45, 2.75) is 20.8 Å². The van der Waals surface area contributed by atoms with Crippen molar-refractivity contribution in [3.8, 4) is 0 Å². The number of quaternary nitrogens is 1. The van der Waals surface area contributed by atoms with Crippen LogP contribution in [-0.4, -0.2) is 102 Å². The number of hydrogen-bond donors (Lipinski definition) is 1. The fourth-order valence-electron chi connectivity index (χ4n) is 1.25. The zero-order valence-corrected chi connectivity index (χ0v) is 21.3. The Morgan fingerprint density at radius 1 is 0.750 bits per heavy atom. The molecule has 0 spiro atoms. The van der Waals surface area contributed by atoms with Crippen molar-refractivity contribution < 1.29 is 33.1 Å². The Hall–Kier alpha value is -2.49. The van der Waals surface area contributed by atoms with Crippen LogP contribution in [0.1, 0.15) is 20.8 Å². The molecular weight excluding hydrogens is 414 g/mol. The average Bonchev–Trinajstić information content (AvgIpc) is 2.65. The Bertz CT molecular complexity index is 622. The molecule has 0 fully saturated rings. The number of rotatable bonds is 11. The monoisotopic (exact) mass is 458 g/mol. The second-order valence-corrected chi connectivity index (χ2v) is 8.35. The summed E-state index contributed by atoms with van der Waals surface area (Å²) in [5.74, 6) is -0.990. The van der Waals surface area contributed by atoms with Gasteiger partial charge in [0.05, 0.1) is 21.1 Å². The summed E-state index contributed by atoms with van der Waals surface area (Å²) in [4.78, 5) is 34.2. The Kier molecular flexibility index (Phi) is 20.5. The zero-order valence-electron chi connectivity index (χ0n) is 21.3. The highest BCUT2D eigenvalue weighted by molar-refractivity contribution is 5.87. The van der Waals surface area contributed by atoms with Crippen LogP contribution in [0.3, 0.4) is 0 Å². The Morgan fingerprint density at radius 3 is 1.38 bits per heavy atom. The second kappa shape index (κ2) is 19.2. The first-order valence-corrected chi connectivity index (χ1v) is 10.2. The van der Waals surface area contributed by atoms with E-state index in [0.717, 1.165) is 17.6 Å². The molecule has 0 saturated heterocycles. The molecule has 9 nitrogen and oxygen atoms in total. The maximum Gasteiger partial charge on any atom is 0.333 e. The van der Waals surface area contributed by atoms with Gasteiger partial charge in [0, 0.05) is 29.8 Å². The van der Waals surface area contributed by atoms with Crippen LogP contribution in [0.15, 0.2) is 36.5 Å². The van der Waals surface area contributed by atoms with Crippen LogP contribution in [0.4, 0.5) is 0 Å². The van der Waals surface area contributed by atoms with Gasteiger partial charge in [-0.2, -0.15) is 0 Å². The molecule has 0 radical (unpaired) electrons. The molecule has 0 aromatic rings. The molecule has 0 saturated carbocycles. The third-order valence-electron chi connectivity index (χ3n) is 3.16. The van der Waals surface area contributed by atoms with Gasteiger partial charge in [0.2, 0.25) is 0 Å². The van der Waals surface area contributed by atoms with Gasteiger partial charge in [-0.15, -0.1) is 0 Å². The Balaban J connectivity index is -0.000000398. The highest BCUT2D eigenvalue weighted by atomic mass is 16.5. The van der Waals surface area contributed by atoms with Crippen LogP contribution < -0.4 is 5.73 Å². The van der Waals surface area contributed by atoms with E-state index in [2.05, 4.69) is 45.6 Å². The first-order chi connectivity index (χ1) is 14.5. The molecule has 0 aromatic heterocycles. The van der Waals surface area contributed by atoms with E-state index in [0.29, 0.717) is 36.5 Å². The quantitative estimate of drug-likeness (QED) is 0.215. The summed E-state index contributed by atoms with van der Waals surface area (Å²) in [5.41, 5.74) is 6.38. The summed E-state index contributed by atoms with van der Waals surface area (Å²) in [6, 6.07) is 0. The van der Waals surface area contributed by atoms with E-state index in [1.54, 1.807) is 20.8 Å². The molecule has 0 unspecified atom stereocenters. The van der Waals surface area contributed by atoms with E-state index in [-0.39, 0.29) is 24.5 Å². The minimum absolute atomic E-state index is 0.270. The summed E-state index contributed by atoms with van der Waals surface area (Å²) in [5, 5.41) is 0. The lowest BCUT2D eigenvalue weighted by Crippen LogP contribution is -2.38. The van der Waals surface area contributed by atoms with E-state index >= 15 is 0 Å². The Morgan fingerprint density at radius 2 is 1.09 bits per heavy atom. The van der Waals surface area contributed by atoms with Crippen LogP contribution in [0, 0.1) is 0 Å². The largest absolute Gasteiger partial charge is 0.461 e. The van der Waals surface area contributed by atoms with Crippen LogP contribution >= 0.6 is 0 Å². The SMILES string of the molecule is C=C(C)C(=O)OCCN.C=C(C)C(=O)OCCN(C)C.C=C(C)C(=O)OCC[N+](C)(C)C. The van der Waals surface area contributed by atoms with Gasteiger partial charge >= 0.3 is 17.9 Å². The number of nitrogens with two attached hydrogens (primary N) is 1. The normalized spacial score (nSPS) is 9.94. The van der Waals surface area contributed by atoms with Crippen molar-refractivity contribution >= 4 is 17.9 Å². The summed E-state index contributed by atoms with van der Waals surface area (Å²) in [6.45, 7) is 18.3. The topological polar surface area (TPSA) is 108 Å². The van der Waals surface area contributed by atoms with Gasteiger partial charge in [0.15, 0.2) is 0 Å². The third-order valence-corrected chi connectivity index (χ3v) is 3.16. The van der Waals surface area contributed by atoms with E-state index in [4.69, 9.17) is 15.2 Å². The van der Waals surface area contributed by atoms with Gasteiger partial charge in [-0.3, -0.25) is 0 Å². The maximum atomic E-state index is 10.9. The molecule has 0 heterocycles. The van der Waals surface area contributed by atoms with Crippen LogP contribution in [0.2, 0.25) is 0 Å². The smallest absolute Gasteiger partial charge is 0.333 e. The van der Waals surface area contributed by atoms with E-state index in [1.807, 2.05) is 19.0 Å². The lowest BCUT2D eigenvalue weighted by molar-refractivity contribution is -0.870. The standard InChI is InChI=1S/C9H18NO2.C8H15NO2.C6H11NO2/c1-8(2)9(11)12-7-6-10(3,4)5;1-7(2)8(10)11-6-5-9(3)4;1-5(2)6(8)9-4-3-7/h1,6-7H2,2-5H3;1,5-6H2,2-4H3;1,3-4,7H2,2H3/q+1;;. The van der Waals surface area contributed by atoms with Crippen LogP contribution in [-0.2, 0) is 28.6 Å². The van der Waals surface area contributed by atoms with Gasteiger partial charge in [0.25, 0.3) is 0 Å². The van der Waals surface area contributed by atoms with Gasteiger partial charge in [-0.05, 0) is 34.9 Å². The fraction of sp³-hybridized carbons (Fsp3) is 0.609. The molecule has 9 heteroatoms. The predicted octanol–water partition coefficient (Wildman–Crippen LogP) is 1.54. The molecule has 0 aliphatic carbocycles. The maximum absolute atomic E-state index is 10.9. The molecule has 0 bridgehead atoms. The predicted molar refractivity (Wildman–Crippen MR) is 128 cm³/mol. The molecule has 0 atom stereocenters. The molecule has 2 N–H and O–H groups in total. The van der Waals surface area contributed by atoms with Crippen molar-refractivity contribution in [3.63, 3.8) is 0 Å². The number of carbonyl (C=O) groups excluding carboxylic acids is 3. The molecule has 0 amide bonds. The third kappa shape index (κ3) is 27.5. The van der Waals surface area contributed by atoms with Crippen molar-refractivity contribution in [3.05, 3.63) is 36.5 Å².